The van der Waals surface area contributed by atoms with Crippen molar-refractivity contribution in [2.45, 2.75) is 90.4 Å². The molecule has 0 saturated heterocycles. The minimum Gasteiger partial charge on any atom is -0.480 e. The van der Waals surface area contributed by atoms with Gasteiger partial charge in [0.1, 0.15) is 18.1 Å². The van der Waals surface area contributed by atoms with Gasteiger partial charge in [0.2, 0.25) is 17.7 Å². The van der Waals surface area contributed by atoms with E-state index in [2.05, 4.69) is 16.0 Å². The predicted octanol–water partition coefficient (Wildman–Crippen LogP) is -0.577. The summed E-state index contributed by atoms with van der Waals surface area (Å²) in [6, 6.07) is -3.71. The van der Waals surface area contributed by atoms with E-state index < -0.39 is 47.9 Å². The smallest absolute Gasteiger partial charge is 0.326 e. The molecule has 0 spiro atoms. The standard InChI is InChI=1S/C22H44N6O5/c1-13(2)17(27-19(29)15(25)9-5-7-11-23)21(31)26-16(10-6-8-12-24)20(30)28-18(14(3)4)22(32)33/h13-18H,5-12,23-25H2,1-4H3,(H,26,31)(H,27,29)(H,28,30)(H,32,33). The van der Waals surface area contributed by atoms with E-state index in [9.17, 15) is 24.3 Å². The van der Waals surface area contributed by atoms with Crippen LogP contribution in [0.2, 0.25) is 0 Å². The van der Waals surface area contributed by atoms with Gasteiger partial charge in [-0.15, -0.1) is 0 Å². The van der Waals surface area contributed by atoms with Gasteiger partial charge in [0.25, 0.3) is 0 Å². The molecule has 4 unspecified atom stereocenters. The van der Waals surface area contributed by atoms with Gasteiger partial charge in [0.15, 0.2) is 0 Å². The summed E-state index contributed by atoms with van der Waals surface area (Å²) in [5, 5.41) is 17.2. The van der Waals surface area contributed by atoms with Gasteiger partial charge < -0.3 is 38.3 Å². The summed E-state index contributed by atoms with van der Waals surface area (Å²) in [5.41, 5.74) is 16.9. The lowest BCUT2D eigenvalue weighted by atomic mass is 10.00. The molecule has 0 aliphatic heterocycles. The molecule has 0 aromatic heterocycles. The summed E-state index contributed by atoms with van der Waals surface area (Å²) in [7, 11) is 0. The maximum atomic E-state index is 13.0. The number of carbonyl (C=O) groups is 4. The average molecular weight is 473 g/mol. The van der Waals surface area contributed by atoms with Gasteiger partial charge in [-0.3, -0.25) is 14.4 Å². The zero-order chi connectivity index (χ0) is 25.6. The minimum atomic E-state index is -1.15. The lowest BCUT2D eigenvalue weighted by molar-refractivity contribution is -0.143. The molecule has 0 bridgehead atoms. The Bertz CT molecular complexity index is 628. The van der Waals surface area contributed by atoms with Crippen molar-refractivity contribution in [3.8, 4) is 0 Å². The third kappa shape index (κ3) is 12.0. The molecule has 0 aromatic rings. The Morgan fingerprint density at radius 2 is 1.18 bits per heavy atom. The fourth-order valence-corrected chi connectivity index (χ4v) is 3.23. The molecule has 0 fully saturated rings. The maximum absolute atomic E-state index is 13.0. The van der Waals surface area contributed by atoms with Gasteiger partial charge >= 0.3 is 5.97 Å². The van der Waals surface area contributed by atoms with Crippen LogP contribution in [0.25, 0.3) is 0 Å². The second-order valence-corrected chi connectivity index (χ2v) is 9.04. The first-order valence-electron chi connectivity index (χ1n) is 11.8. The number of hydrogen-bond donors (Lipinski definition) is 7. The van der Waals surface area contributed by atoms with Crippen LogP contribution in [0, 0.1) is 11.8 Å². The summed E-state index contributed by atoms with van der Waals surface area (Å²) in [5.74, 6) is -3.32. The number of unbranched alkanes of at least 4 members (excludes halogenated alkanes) is 2. The molecule has 0 rings (SSSR count). The number of carbonyl (C=O) groups excluding carboxylic acids is 3. The Morgan fingerprint density at radius 3 is 1.64 bits per heavy atom. The van der Waals surface area contributed by atoms with E-state index in [1.807, 2.05) is 0 Å². The lowest BCUT2D eigenvalue weighted by Gasteiger charge is -2.27. The molecule has 0 aliphatic rings. The van der Waals surface area contributed by atoms with Crippen LogP contribution in [-0.2, 0) is 19.2 Å². The monoisotopic (exact) mass is 472 g/mol. The number of nitrogens with two attached hydrogens (primary N) is 3. The first-order chi connectivity index (χ1) is 15.5. The topological polar surface area (TPSA) is 203 Å². The van der Waals surface area contributed by atoms with Gasteiger partial charge in [-0.1, -0.05) is 34.1 Å². The Balaban J connectivity index is 5.34. The van der Waals surface area contributed by atoms with E-state index >= 15 is 0 Å². The molecule has 11 heteroatoms. The van der Waals surface area contributed by atoms with Crippen LogP contribution in [0.4, 0.5) is 0 Å². The molecule has 0 aliphatic carbocycles. The van der Waals surface area contributed by atoms with E-state index in [4.69, 9.17) is 17.2 Å². The maximum Gasteiger partial charge on any atom is 0.326 e. The molecule has 10 N–H and O–H groups in total. The van der Waals surface area contributed by atoms with Crippen molar-refractivity contribution in [3.05, 3.63) is 0 Å². The number of rotatable bonds is 17. The van der Waals surface area contributed by atoms with Crippen LogP contribution in [-0.4, -0.2) is 66.1 Å². The van der Waals surface area contributed by atoms with E-state index in [1.165, 1.54) is 0 Å². The molecule has 11 nitrogen and oxygen atoms in total. The van der Waals surface area contributed by atoms with Crippen LogP contribution >= 0.6 is 0 Å². The van der Waals surface area contributed by atoms with Gasteiger partial charge in [0.05, 0.1) is 6.04 Å². The number of aliphatic carboxylic acids is 1. The van der Waals surface area contributed by atoms with Crippen molar-refractivity contribution in [2.24, 2.45) is 29.0 Å². The highest BCUT2D eigenvalue weighted by molar-refractivity contribution is 5.94. The van der Waals surface area contributed by atoms with Gasteiger partial charge in [-0.25, -0.2) is 4.79 Å². The second-order valence-electron chi connectivity index (χ2n) is 9.04. The molecular weight excluding hydrogens is 428 g/mol. The Kier molecular flexibility index (Phi) is 15.3. The van der Waals surface area contributed by atoms with Crippen molar-refractivity contribution in [3.63, 3.8) is 0 Å². The van der Waals surface area contributed by atoms with Crippen molar-refractivity contribution < 1.29 is 24.3 Å². The fraction of sp³-hybridized carbons (Fsp3) is 0.818. The first-order valence-corrected chi connectivity index (χ1v) is 11.8. The lowest BCUT2D eigenvalue weighted by Crippen LogP contribution is -2.58. The predicted molar refractivity (Wildman–Crippen MR) is 127 cm³/mol. The van der Waals surface area contributed by atoms with Crippen LogP contribution in [0.15, 0.2) is 0 Å². The first kappa shape index (κ1) is 30.8. The summed E-state index contributed by atoms with van der Waals surface area (Å²) in [6.45, 7) is 7.85. The van der Waals surface area contributed by atoms with Crippen molar-refractivity contribution in [1.29, 1.82) is 0 Å². The summed E-state index contributed by atoms with van der Waals surface area (Å²) < 4.78 is 0. The van der Waals surface area contributed by atoms with Gasteiger partial charge in [-0.2, -0.15) is 0 Å². The molecule has 0 saturated carbocycles. The normalized spacial score (nSPS) is 14.9. The van der Waals surface area contributed by atoms with E-state index in [0.717, 1.165) is 6.42 Å². The number of carboxylic acid groups (broad SMARTS) is 1. The SMILES string of the molecule is CC(C)C(NC(=O)C(CCCCN)NC(=O)C(NC(=O)C(N)CCCCN)C(C)C)C(=O)O. The zero-order valence-electron chi connectivity index (χ0n) is 20.4. The third-order valence-corrected chi connectivity index (χ3v) is 5.36. The summed E-state index contributed by atoms with van der Waals surface area (Å²) in [6.07, 6.45) is 3.41. The van der Waals surface area contributed by atoms with Crippen LogP contribution in [0.3, 0.4) is 0 Å². The fourth-order valence-electron chi connectivity index (χ4n) is 3.23. The highest BCUT2D eigenvalue weighted by Gasteiger charge is 2.32. The molecule has 33 heavy (non-hydrogen) atoms. The number of hydrogen-bond acceptors (Lipinski definition) is 7. The summed E-state index contributed by atoms with van der Waals surface area (Å²) >= 11 is 0. The molecule has 0 radical (unpaired) electrons. The number of amides is 3. The molecule has 0 heterocycles. The van der Waals surface area contributed by atoms with E-state index in [1.54, 1.807) is 27.7 Å². The van der Waals surface area contributed by atoms with E-state index in [0.29, 0.717) is 38.8 Å². The van der Waals surface area contributed by atoms with Crippen molar-refractivity contribution in [2.75, 3.05) is 13.1 Å². The minimum absolute atomic E-state index is 0.264. The van der Waals surface area contributed by atoms with Crippen molar-refractivity contribution in [1.82, 2.24) is 16.0 Å². The molecule has 0 aromatic carbocycles. The Hall–Kier alpha value is -2.24. The Morgan fingerprint density at radius 1 is 0.697 bits per heavy atom. The Labute approximate surface area is 197 Å². The number of nitrogens with one attached hydrogen (secondary N) is 3. The van der Waals surface area contributed by atoms with Crippen LogP contribution in [0.5, 0.6) is 0 Å². The second kappa shape index (κ2) is 16.4. The number of carboxylic acids is 1. The average Bonchev–Trinajstić information content (AvgIpc) is 2.73. The van der Waals surface area contributed by atoms with Gasteiger partial charge in [0, 0.05) is 0 Å². The quantitative estimate of drug-likeness (QED) is 0.136. The highest BCUT2D eigenvalue weighted by Crippen LogP contribution is 2.09. The molecule has 192 valence electrons. The van der Waals surface area contributed by atoms with E-state index in [-0.39, 0.29) is 18.3 Å². The zero-order valence-corrected chi connectivity index (χ0v) is 20.4. The van der Waals surface area contributed by atoms with Crippen LogP contribution in [0.1, 0.15) is 66.2 Å². The van der Waals surface area contributed by atoms with Crippen LogP contribution < -0.4 is 33.2 Å². The van der Waals surface area contributed by atoms with Gasteiger partial charge in [-0.05, 0) is 57.0 Å². The van der Waals surface area contributed by atoms with Crippen molar-refractivity contribution >= 4 is 23.7 Å². The third-order valence-electron chi connectivity index (χ3n) is 5.36. The summed E-state index contributed by atoms with van der Waals surface area (Å²) in [4.78, 5) is 49.8. The molecule has 3 amide bonds. The molecule has 4 atom stereocenters. The highest BCUT2D eigenvalue weighted by atomic mass is 16.4. The molecular formula is C22H44N6O5. The largest absolute Gasteiger partial charge is 0.480 e.